The topological polar surface area (TPSA) is 87.4 Å². The molecule has 0 aliphatic heterocycles. The molecular weight excluding hydrogens is 428 g/mol. The van der Waals surface area contributed by atoms with Gasteiger partial charge in [-0.3, -0.25) is 4.79 Å². The van der Waals surface area contributed by atoms with Crippen LogP contribution in [0.25, 0.3) is 11.0 Å². The second-order valence-corrected chi connectivity index (χ2v) is 9.62. The number of aliphatic hydroxyl groups is 2. The smallest absolute Gasteiger partial charge is 0.264 e. The van der Waals surface area contributed by atoms with Gasteiger partial charge in [-0.1, -0.05) is 12.1 Å². The molecule has 1 aromatic heterocycles. The minimum absolute atomic E-state index is 0.144. The number of benzene rings is 2. The molecule has 1 heterocycles. The fourth-order valence-corrected chi connectivity index (χ4v) is 3.86. The average Bonchev–Trinajstić information content (AvgIpc) is 2.99. The first kappa shape index (κ1) is 24.8. The molecule has 0 fully saturated rings. The van der Waals surface area contributed by atoms with Crippen molar-refractivity contribution in [3.05, 3.63) is 58.4 Å². The van der Waals surface area contributed by atoms with Crippen LogP contribution in [0, 0.1) is 6.92 Å². The highest BCUT2D eigenvalue weighted by atomic mass is 19.3. The van der Waals surface area contributed by atoms with Gasteiger partial charge in [-0.25, -0.2) is 13.8 Å². The van der Waals surface area contributed by atoms with Crippen molar-refractivity contribution >= 4 is 22.6 Å². The van der Waals surface area contributed by atoms with Crippen molar-refractivity contribution in [2.24, 2.45) is 7.05 Å². The summed E-state index contributed by atoms with van der Waals surface area (Å²) in [5.41, 5.74) is 0.259. The van der Waals surface area contributed by atoms with E-state index in [0.717, 1.165) is 11.3 Å². The predicted octanol–water partition coefficient (Wildman–Crippen LogP) is 5.00. The monoisotopic (exact) mass is 459 g/mol. The zero-order valence-corrected chi connectivity index (χ0v) is 19.8. The van der Waals surface area contributed by atoms with Crippen molar-refractivity contribution in [3.63, 3.8) is 0 Å². The van der Waals surface area contributed by atoms with E-state index in [2.05, 4.69) is 10.3 Å². The number of hydrogen-bond acceptors (Lipinski definition) is 4. The third kappa shape index (κ3) is 5.39. The molecule has 3 rings (SSSR count). The van der Waals surface area contributed by atoms with Gasteiger partial charge in [0, 0.05) is 35.8 Å². The molecule has 3 aromatic rings. The standard InChI is InChI=1S/C25H31F2N3O3/c1-14-15(22(26)27)8-7-9-16(14)23(31)29-18-13-20-19(12-17(18)25(4,5)33)28-21(30(20)6)10-11-24(2,3)32/h7-9,12-13,22,32-33H,10-11H2,1-6H3,(H,29,31). The first-order chi connectivity index (χ1) is 15.2. The Kier molecular flexibility index (Phi) is 6.64. The van der Waals surface area contributed by atoms with Crippen LogP contribution >= 0.6 is 0 Å². The normalized spacial score (nSPS) is 12.6. The van der Waals surface area contributed by atoms with E-state index in [0.29, 0.717) is 29.6 Å². The lowest BCUT2D eigenvalue weighted by molar-refractivity contribution is 0.0706. The summed E-state index contributed by atoms with van der Waals surface area (Å²) in [6.07, 6.45) is -1.61. The first-order valence-electron chi connectivity index (χ1n) is 10.8. The quantitative estimate of drug-likeness (QED) is 0.464. The molecule has 8 heteroatoms. The van der Waals surface area contributed by atoms with Crippen LogP contribution in [0.15, 0.2) is 30.3 Å². The van der Waals surface area contributed by atoms with E-state index in [4.69, 9.17) is 0 Å². The molecule has 0 bridgehead atoms. The molecule has 0 saturated heterocycles. The maximum Gasteiger partial charge on any atom is 0.264 e. The third-order valence-electron chi connectivity index (χ3n) is 5.84. The van der Waals surface area contributed by atoms with Crippen molar-refractivity contribution in [2.45, 2.75) is 65.1 Å². The molecular formula is C25H31F2N3O3. The van der Waals surface area contributed by atoms with Gasteiger partial charge in [0.1, 0.15) is 5.82 Å². The van der Waals surface area contributed by atoms with Crippen LogP contribution in [0.2, 0.25) is 0 Å². The largest absolute Gasteiger partial charge is 0.390 e. The molecule has 33 heavy (non-hydrogen) atoms. The predicted molar refractivity (Wildman–Crippen MR) is 125 cm³/mol. The van der Waals surface area contributed by atoms with Crippen molar-refractivity contribution in [1.29, 1.82) is 0 Å². The number of aryl methyl sites for hydroxylation is 2. The summed E-state index contributed by atoms with van der Waals surface area (Å²) in [6, 6.07) is 7.68. The van der Waals surface area contributed by atoms with Gasteiger partial charge in [0.05, 0.1) is 22.2 Å². The van der Waals surface area contributed by atoms with Gasteiger partial charge in [-0.15, -0.1) is 0 Å². The fraction of sp³-hybridized carbons (Fsp3) is 0.440. The number of imidazole rings is 1. The molecule has 0 saturated carbocycles. The van der Waals surface area contributed by atoms with Crippen molar-refractivity contribution in [2.75, 3.05) is 5.32 Å². The number of halogens is 2. The van der Waals surface area contributed by atoms with Gasteiger partial charge in [0.25, 0.3) is 12.3 Å². The van der Waals surface area contributed by atoms with Crippen LogP contribution in [-0.4, -0.2) is 31.3 Å². The summed E-state index contributed by atoms with van der Waals surface area (Å²) in [5.74, 6) is 0.224. The van der Waals surface area contributed by atoms with E-state index < -0.39 is 23.5 Å². The Morgan fingerprint density at radius 2 is 1.85 bits per heavy atom. The lowest BCUT2D eigenvalue weighted by atomic mass is 9.95. The molecule has 0 unspecified atom stereocenters. The first-order valence-corrected chi connectivity index (χ1v) is 10.8. The Labute approximate surface area is 192 Å². The number of rotatable bonds is 7. The lowest BCUT2D eigenvalue weighted by Gasteiger charge is -2.22. The number of nitrogens with one attached hydrogen (secondary N) is 1. The highest BCUT2D eigenvalue weighted by Crippen LogP contribution is 2.33. The molecule has 0 aliphatic rings. The minimum Gasteiger partial charge on any atom is -0.390 e. The Morgan fingerprint density at radius 1 is 1.18 bits per heavy atom. The lowest BCUT2D eigenvalue weighted by Crippen LogP contribution is -2.21. The molecule has 0 spiro atoms. The van der Waals surface area contributed by atoms with E-state index in [1.807, 2.05) is 11.6 Å². The van der Waals surface area contributed by atoms with Crippen LogP contribution in [-0.2, 0) is 19.1 Å². The number of fused-ring (bicyclic) bond motifs is 1. The number of alkyl halides is 2. The Hall–Kier alpha value is -2.84. The summed E-state index contributed by atoms with van der Waals surface area (Å²) in [7, 11) is 1.85. The zero-order chi connectivity index (χ0) is 24.7. The highest BCUT2D eigenvalue weighted by molar-refractivity contribution is 6.06. The molecule has 2 aromatic carbocycles. The van der Waals surface area contributed by atoms with Crippen molar-refractivity contribution < 1.29 is 23.8 Å². The number of carbonyl (C=O) groups is 1. The van der Waals surface area contributed by atoms with Crippen LogP contribution in [0.4, 0.5) is 14.5 Å². The summed E-state index contributed by atoms with van der Waals surface area (Å²) in [5, 5.41) is 23.6. The summed E-state index contributed by atoms with van der Waals surface area (Å²) < 4.78 is 28.5. The maximum atomic E-state index is 13.3. The van der Waals surface area contributed by atoms with E-state index in [-0.39, 0.29) is 16.7 Å². The average molecular weight is 460 g/mol. The van der Waals surface area contributed by atoms with E-state index >= 15 is 0 Å². The third-order valence-corrected chi connectivity index (χ3v) is 5.84. The van der Waals surface area contributed by atoms with Gasteiger partial charge < -0.3 is 20.1 Å². The number of aromatic nitrogens is 2. The SMILES string of the molecule is Cc1c(C(=O)Nc2cc3c(cc2C(C)(C)O)nc(CCC(C)(C)O)n3C)cccc1C(F)F. The Balaban J connectivity index is 2.05. The minimum atomic E-state index is -2.68. The molecule has 6 nitrogen and oxygen atoms in total. The molecule has 178 valence electrons. The number of anilines is 1. The molecule has 1 amide bonds. The van der Waals surface area contributed by atoms with Crippen molar-refractivity contribution in [3.8, 4) is 0 Å². The summed E-state index contributed by atoms with van der Waals surface area (Å²) in [6.45, 7) is 8.17. The second-order valence-electron chi connectivity index (χ2n) is 9.62. The summed E-state index contributed by atoms with van der Waals surface area (Å²) >= 11 is 0. The van der Waals surface area contributed by atoms with Gasteiger partial charge in [0.2, 0.25) is 0 Å². The molecule has 0 radical (unpaired) electrons. The van der Waals surface area contributed by atoms with Gasteiger partial charge in [-0.2, -0.15) is 0 Å². The van der Waals surface area contributed by atoms with Gasteiger partial charge >= 0.3 is 0 Å². The molecule has 3 N–H and O–H groups in total. The van der Waals surface area contributed by atoms with Crippen LogP contribution in [0.1, 0.15) is 73.4 Å². The zero-order valence-electron chi connectivity index (χ0n) is 19.8. The number of hydrogen-bond donors (Lipinski definition) is 3. The van der Waals surface area contributed by atoms with Crippen molar-refractivity contribution in [1.82, 2.24) is 9.55 Å². The molecule has 0 atom stereocenters. The van der Waals surface area contributed by atoms with Crippen LogP contribution in [0.3, 0.4) is 0 Å². The number of nitrogens with zero attached hydrogens (tertiary/aromatic N) is 2. The number of amides is 1. The van der Waals surface area contributed by atoms with Gasteiger partial charge in [0.15, 0.2) is 0 Å². The summed E-state index contributed by atoms with van der Waals surface area (Å²) in [4.78, 5) is 17.7. The number of carbonyl (C=O) groups excluding carboxylic acids is 1. The van der Waals surface area contributed by atoms with Gasteiger partial charge in [-0.05, 0) is 64.8 Å². The van der Waals surface area contributed by atoms with Crippen LogP contribution in [0.5, 0.6) is 0 Å². The molecule has 0 aliphatic carbocycles. The van der Waals surface area contributed by atoms with E-state index in [9.17, 15) is 23.8 Å². The Bertz CT molecular complexity index is 1190. The maximum absolute atomic E-state index is 13.3. The highest BCUT2D eigenvalue weighted by Gasteiger charge is 2.25. The Morgan fingerprint density at radius 3 is 2.42 bits per heavy atom. The van der Waals surface area contributed by atoms with Crippen LogP contribution < -0.4 is 5.32 Å². The van der Waals surface area contributed by atoms with E-state index in [1.165, 1.54) is 25.1 Å². The second kappa shape index (κ2) is 8.83. The fourth-order valence-electron chi connectivity index (χ4n) is 3.86. The van der Waals surface area contributed by atoms with E-state index in [1.54, 1.807) is 39.8 Å².